The molecular weight excluding hydrogens is 285 g/mol. The number of halogens is 1. The molecule has 0 radical (unpaired) electrons. The fourth-order valence-electron chi connectivity index (χ4n) is 2.29. The highest BCUT2D eigenvalue weighted by Gasteiger charge is 2.18. The van der Waals surface area contributed by atoms with Gasteiger partial charge in [0.05, 0.1) is 0 Å². The van der Waals surface area contributed by atoms with E-state index in [2.05, 4.69) is 5.32 Å². The molecule has 0 aliphatic rings. The lowest BCUT2D eigenvalue weighted by atomic mass is 10.1. The van der Waals surface area contributed by atoms with Crippen LogP contribution in [0.15, 0.2) is 57.7 Å². The highest BCUT2D eigenvalue weighted by molar-refractivity contribution is 6.07. The Balaban J connectivity index is 2.04. The molecule has 0 spiro atoms. The molecule has 4 nitrogen and oxygen atoms in total. The van der Waals surface area contributed by atoms with Gasteiger partial charge in [0.2, 0.25) is 0 Å². The summed E-state index contributed by atoms with van der Waals surface area (Å²) < 4.78 is 18.0. The zero-order chi connectivity index (χ0) is 15.7. The summed E-state index contributed by atoms with van der Waals surface area (Å²) in [5.74, 6) is -0.983. The van der Waals surface area contributed by atoms with Gasteiger partial charge in [0.25, 0.3) is 5.91 Å². The van der Waals surface area contributed by atoms with Crippen molar-refractivity contribution >= 4 is 22.6 Å². The van der Waals surface area contributed by atoms with E-state index >= 15 is 0 Å². The molecule has 0 aliphatic heterocycles. The molecule has 1 heterocycles. The predicted molar refractivity (Wildman–Crippen MR) is 81.6 cm³/mol. The molecule has 0 bridgehead atoms. The lowest BCUT2D eigenvalue weighted by molar-refractivity contribution is 0.102. The molecule has 1 N–H and O–H groups in total. The van der Waals surface area contributed by atoms with E-state index < -0.39 is 17.3 Å². The van der Waals surface area contributed by atoms with Gasteiger partial charge in [-0.1, -0.05) is 18.2 Å². The van der Waals surface area contributed by atoms with E-state index in [0.717, 1.165) is 0 Å². The number of carbonyl (C=O) groups excluding carboxylic acids is 1. The van der Waals surface area contributed by atoms with Crippen molar-refractivity contribution in [3.05, 3.63) is 75.9 Å². The molecule has 0 atom stereocenters. The van der Waals surface area contributed by atoms with Crippen LogP contribution in [0.5, 0.6) is 0 Å². The number of benzene rings is 2. The summed E-state index contributed by atoms with van der Waals surface area (Å²) in [7, 11) is 0. The molecule has 3 rings (SSSR count). The fourth-order valence-corrected chi connectivity index (χ4v) is 2.29. The Morgan fingerprint density at radius 1 is 1.09 bits per heavy atom. The summed E-state index contributed by atoms with van der Waals surface area (Å²) in [6.07, 6.45) is 0. The molecule has 110 valence electrons. The second-order valence-electron chi connectivity index (χ2n) is 4.85. The average Bonchev–Trinajstić information content (AvgIpc) is 2.49. The summed E-state index contributed by atoms with van der Waals surface area (Å²) in [5, 5.41) is 3.27. The van der Waals surface area contributed by atoms with Crippen molar-refractivity contribution in [1.82, 2.24) is 0 Å². The van der Waals surface area contributed by atoms with Gasteiger partial charge in [-0.2, -0.15) is 0 Å². The van der Waals surface area contributed by atoms with Gasteiger partial charge in [-0.3, -0.25) is 4.79 Å². The summed E-state index contributed by atoms with van der Waals surface area (Å²) in [6, 6.07) is 12.3. The van der Waals surface area contributed by atoms with Gasteiger partial charge in [-0.15, -0.1) is 0 Å². The van der Waals surface area contributed by atoms with E-state index in [9.17, 15) is 14.0 Å². The molecular formula is C17H12FNO3. The topological polar surface area (TPSA) is 59.3 Å². The van der Waals surface area contributed by atoms with Crippen molar-refractivity contribution in [2.24, 2.45) is 0 Å². The SMILES string of the molecule is Cc1c(C(=O)Nc2ccc(F)cc2)c(=O)oc2ccccc12. The van der Waals surface area contributed by atoms with Crippen LogP contribution in [-0.2, 0) is 0 Å². The number of carbonyl (C=O) groups is 1. The van der Waals surface area contributed by atoms with Crippen LogP contribution in [-0.4, -0.2) is 5.91 Å². The number of anilines is 1. The summed E-state index contributed by atoms with van der Waals surface area (Å²) in [6.45, 7) is 1.69. The summed E-state index contributed by atoms with van der Waals surface area (Å²) >= 11 is 0. The molecule has 2 aromatic carbocycles. The Kier molecular flexibility index (Phi) is 3.47. The third kappa shape index (κ3) is 2.48. The summed E-state index contributed by atoms with van der Waals surface area (Å²) in [5.41, 5.74) is 0.631. The van der Waals surface area contributed by atoms with E-state index in [4.69, 9.17) is 4.42 Å². The predicted octanol–water partition coefficient (Wildman–Crippen LogP) is 3.49. The Morgan fingerprint density at radius 2 is 1.77 bits per heavy atom. The minimum Gasteiger partial charge on any atom is -0.422 e. The van der Waals surface area contributed by atoms with E-state index in [1.165, 1.54) is 24.3 Å². The van der Waals surface area contributed by atoms with Gasteiger partial charge in [0.1, 0.15) is 17.0 Å². The Hall–Kier alpha value is -2.95. The van der Waals surface area contributed by atoms with Crippen molar-refractivity contribution < 1.29 is 13.6 Å². The number of amides is 1. The fraction of sp³-hybridized carbons (Fsp3) is 0.0588. The molecule has 5 heteroatoms. The van der Waals surface area contributed by atoms with Crippen LogP contribution in [0, 0.1) is 12.7 Å². The lowest BCUT2D eigenvalue weighted by Gasteiger charge is -2.08. The van der Waals surface area contributed by atoms with Gasteiger partial charge < -0.3 is 9.73 Å². The number of nitrogens with one attached hydrogen (secondary N) is 1. The van der Waals surface area contributed by atoms with Gasteiger partial charge in [0.15, 0.2) is 0 Å². The first-order valence-electron chi connectivity index (χ1n) is 6.65. The Labute approximate surface area is 125 Å². The van der Waals surface area contributed by atoms with Crippen molar-refractivity contribution in [3.8, 4) is 0 Å². The monoisotopic (exact) mass is 297 g/mol. The zero-order valence-corrected chi connectivity index (χ0v) is 11.7. The van der Waals surface area contributed by atoms with Gasteiger partial charge >= 0.3 is 5.63 Å². The van der Waals surface area contributed by atoms with E-state index in [-0.39, 0.29) is 5.56 Å². The first kappa shape index (κ1) is 14.0. The van der Waals surface area contributed by atoms with E-state index in [1.807, 2.05) is 0 Å². The molecule has 3 aromatic rings. The van der Waals surface area contributed by atoms with Crippen LogP contribution in [0.2, 0.25) is 0 Å². The third-order valence-corrected chi connectivity index (χ3v) is 3.40. The molecule has 0 saturated carbocycles. The van der Waals surface area contributed by atoms with Crippen molar-refractivity contribution in [2.75, 3.05) is 5.32 Å². The van der Waals surface area contributed by atoms with Gasteiger partial charge in [-0.25, -0.2) is 9.18 Å². The second-order valence-corrected chi connectivity index (χ2v) is 4.85. The highest BCUT2D eigenvalue weighted by atomic mass is 19.1. The molecule has 0 fully saturated rings. The summed E-state index contributed by atoms with van der Waals surface area (Å²) in [4.78, 5) is 24.4. The number of hydrogen-bond donors (Lipinski definition) is 1. The average molecular weight is 297 g/mol. The van der Waals surface area contributed by atoms with Crippen LogP contribution in [0.3, 0.4) is 0 Å². The normalized spacial score (nSPS) is 10.6. The minimum absolute atomic E-state index is 0.0528. The number of rotatable bonds is 2. The van der Waals surface area contributed by atoms with Crippen LogP contribution in [0.1, 0.15) is 15.9 Å². The maximum absolute atomic E-state index is 12.9. The third-order valence-electron chi connectivity index (χ3n) is 3.40. The maximum atomic E-state index is 12.9. The Bertz CT molecular complexity index is 913. The van der Waals surface area contributed by atoms with Crippen molar-refractivity contribution in [1.29, 1.82) is 0 Å². The van der Waals surface area contributed by atoms with Crippen LogP contribution in [0.4, 0.5) is 10.1 Å². The molecule has 0 saturated heterocycles. The number of aryl methyl sites for hydroxylation is 1. The molecule has 22 heavy (non-hydrogen) atoms. The van der Waals surface area contributed by atoms with E-state index in [1.54, 1.807) is 31.2 Å². The minimum atomic E-state index is -0.698. The number of fused-ring (bicyclic) bond motifs is 1. The number of para-hydroxylation sites is 1. The number of hydrogen-bond acceptors (Lipinski definition) is 3. The van der Waals surface area contributed by atoms with E-state index in [0.29, 0.717) is 22.2 Å². The lowest BCUT2D eigenvalue weighted by Crippen LogP contribution is -2.22. The molecule has 1 amide bonds. The van der Waals surface area contributed by atoms with Crippen LogP contribution in [0.25, 0.3) is 11.0 Å². The molecule has 0 unspecified atom stereocenters. The smallest absolute Gasteiger partial charge is 0.349 e. The Morgan fingerprint density at radius 3 is 2.50 bits per heavy atom. The molecule has 0 aliphatic carbocycles. The second kappa shape index (κ2) is 5.44. The highest BCUT2D eigenvalue weighted by Crippen LogP contribution is 2.19. The zero-order valence-electron chi connectivity index (χ0n) is 11.7. The molecule has 1 aromatic heterocycles. The first-order valence-corrected chi connectivity index (χ1v) is 6.65. The quantitative estimate of drug-likeness (QED) is 0.737. The van der Waals surface area contributed by atoms with Gasteiger partial charge in [-0.05, 0) is 42.8 Å². The maximum Gasteiger partial charge on any atom is 0.349 e. The van der Waals surface area contributed by atoms with Crippen molar-refractivity contribution in [2.45, 2.75) is 6.92 Å². The van der Waals surface area contributed by atoms with Gasteiger partial charge in [0, 0.05) is 11.1 Å². The largest absolute Gasteiger partial charge is 0.422 e. The van der Waals surface area contributed by atoms with Crippen LogP contribution < -0.4 is 10.9 Å². The first-order chi connectivity index (χ1) is 10.6. The van der Waals surface area contributed by atoms with Crippen LogP contribution >= 0.6 is 0 Å². The van der Waals surface area contributed by atoms with Crippen molar-refractivity contribution in [3.63, 3.8) is 0 Å². The standard InChI is InChI=1S/C17H12FNO3/c1-10-13-4-2-3-5-14(13)22-17(21)15(10)16(20)19-12-8-6-11(18)7-9-12/h2-9H,1H3,(H,19,20).